The zero-order valence-electron chi connectivity index (χ0n) is 17.8. The molecule has 2 aromatic rings. The zero-order chi connectivity index (χ0) is 22.2. The number of esters is 1. The second-order valence-electron chi connectivity index (χ2n) is 7.64. The van der Waals surface area contributed by atoms with E-state index in [9.17, 15) is 14.4 Å². The third kappa shape index (κ3) is 6.63. The summed E-state index contributed by atoms with van der Waals surface area (Å²) in [4.78, 5) is 39.1. The Morgan fingerprint density at radius 3 is 2.19 bits per heavy atom. The largest absolute Gasteiger partial charge is 0.452 e. The summed E-state index contributed by atoms with van der Waals surface area (Å²) in [6.07, 6.45) is 0. The number of anilines is 1. The summed E-state index contributed by atoms with van der Waals surface area (Å²) in [5.74, 6) is -1.12. The van der Waals surface area contributed by atoms with Crippen LogP contribution in [0.3, 0.4) is 0 Å². The van der Waals surface area contributed by atoms with Crippen LogP contribution < -0.4 is 10.2 Å². The van der Waals surface area contributed by atoms with Crippen molar-refractivity contribution >= 4 is 23.5 Å². The maximum Gasteiger partial charge on any atom is 0.338 e. The first-order chi connectivity index (χ1) is 14.9. The van der Waals surface area contributed by atoms with Crippen LogP contribution in [0.15, 0.2) is 48.5 Å². The summed E-state index contributed by atoms with van der Waals surface area (Å²) in [5.41, 5.74) is 2.59. The number of hydrogen-bond donors (Lipinski definition) is 2. The fourth-order valence-corrected chi connectivity index (χ4v) is 3.25. The summed E-state index contributed by atoms with van der Waals surface area (Å²) in [5, 5.41) is 2.64. The van der Waals surface area contributed by atoms with Gasteiger partial charge in [-0.05, 0) is 36.4 Å². The molecule has 1 aliphatic heterocycles. The Labute approximate surface area is 181 Å². The number of nitrogens with zero attached hydrogens (tertiary/aromatic N) is 1. The molecule has 0 unspecified atom stereocenters. The molecule has 31 heavy (non-hydrogen) atoms. The van der Waals surface area contributed by atoms with Gasteiger partial charge in [0.05, 0.1) is 18.8 Å². The lowest BCUT2D eigenvalue weighted by molar-refractivity contribution is -0.921. The first kappa shape index (κ1) is 22.5. The van der Waals surface area contributed by atoms with Crippen LogP contribution in [0.2, 0.25) is 0 Å². The fourth-order valence-electron chi connectivity index (χ4n) is 3.25. The first-order valence-electron chi connectivity index (χ1n) is 10.2. The Bertz CT molecular complexity index is 904. The van der Waals surface area contributed by atoms with Crippen molar-refractivity contribution in [1.82, 2.24) is 4.90 Å². The average Bonchev–Trinajstić information content (AvgIpc) is 2.78. The van der Waals surface area contributed by atoms with Crippen molar-refractivity contribution in [3.05, 3.63) is 65.2 Å². The third-order valence-corrected chi connectivity index (χ3v) is 5.00. The molecular formula is C23H28N3O5+. The van der Waals surface area contributed by atoms with Gasteiger partial charge in [0, 0.05) is 30.9 Å². The van der Waals surface area contributed by atoms with Crippen LogP contribution in [-0.4, -0.2) is 69.7 Å². The van der Waals surface area contributed by atoms with Gasteiger partial charge in [-0.1, -0.05) is 12.1 Å². The molecule has 1 aliphatic rings. The van der Waals surface area contributed by atoms with Gasteiger partial charge in [-0.15, -0.1) is 0 Å². The number of quaternary nitrogens is 1. The van der Waals surface area contributed by atoms with Crippen molar-refractivity contribution in [2.75, 3.05) is 52.3 Å². The minimum Gasteiger partial charge on any atom is -0.452 e. The van der Waals surface area contributed by atoms with Gasteiger partial charge in [0.1, 0.15) is 19.6 Å². The van der Waals surface area contributed by atoms with E-state index >= 15 is 0 Å². The van der Waals surface area contributed by atoms with Gasteiger partial charge < -0.3 is 24.6 Å². The number of amides is 2. The van der Waals surface area contributed by atoms with Gasteiger partial charge in [-0.2, -0.15) is 0 Å². The molecule has 164 valence electrons. The Balaban J connectivity index is 1.45. The minimum absolute atomic E-state index is 0.121. The van der Waals surface area contributed by atoms with E-state index in [1.807, 2.05) is 12.1 Å². The number of carbonyl (C=O) groups excluding carboxylic acids is 3. The second-order valence-corrected chi connectivity index (χ2v) is 7.64. The molecule has 2 aromatic carbocycles. The van der Waals surface area contributed by atoms with Gasteiger partial charge in [0.25, 0.3) is 11.8 Å². The van der Waals surface area contributed by atoms with Crippen LogP contribution >= 0.6 is 0 Å². The molecule has 0 radical (unpaired) electrons. The van der Waals surface area contributed by atoms with E-state index in [0.29, 0.717) is 16.8 Å². The Morgan fingerprint density at radius 2 is 1.58 bits per heavy atom. The van der Waals surface area contributed by atoms with Gasteiger partial charge in [0.15, 0.2) is 6.61 Å². The van der Waals surface area contributed by atoms with Crippen molar-refractivity contribution in [2.45, 2.75) is 6.54 Å². The molecule has 0 atom stereocenters. The lowest BCUT2D eigenvalue weighted by atomic mass is 10.1. The van der Waals surface area contributed by atoms with E-state index in [2.05, 4.69) is 5.32 Å². The highest BCUT2D eigenvalue weighted by molar-refractivity contribution is 5.97. The SMILES string of the molecule is CN(C)C(=O)c1ccc(NC(=O)COC(=O)c2ccc(C[NH+]3CCOCC3)cc2)cc1. The lowest BCUT2D eigenvalue weighted by Crippen LogP contribution is -3.12. The summed E-state index contributed by atoms with van der Waals surface area (Å²) in [6, 6.07) is 13.8. The quantitative estimate of drug-likeness (QED) is 0.633. The minimum atomic E-state index is -0.549. The van der Waals surface area contributed by atoms with Crippen molar-refractivity contribution in [1.29, 1.82) is 0 Å². The predicted molar refractivity (Wildman–Crippen MR) is 115 cm³/mol. The van der Waals surface area contributed by atoms with Crippen LogP contribution in [0.4, 0.5) is 5.69 Å². The standard InChI is InChI=1S/C23H27N3O5/c1-25(2)22(28)18-7-9-20(10-8-18)24-21(27)16-31-23(29)19-5-3-17(4-6-19)15-26-11-13-30-14-12-26/h3-10H,11-16H2,1-2H3,(H,24,27)/p+1. The summed E-state index contributed by atoms with van der Waals surface area (Å²) in [7, 11) is 3.34. The summed E-state index contributed by atoms with van der Waals surface area (Å²) < 4.78 is 10.5. The number of morpholine rings is 1. The van der Waals surface area contributed by atoms with E-state index in [1.165, 1.54) is 9.80 Å². The number of rotatable bonds is 7. The molecule has 8 nitrogen and oxygen atoms in total. The van der Waals surface area contributed by atoms with E-state index in [0.717, 1.165) is 38.4 Å². The first-order valence-corrected chi connectivity index (χ1v) is 10.2. The Hall–Kier alpha value is -3.23. The molecule has 3 rings (SSSR count). The topological polar surface area (TPSA) is 89.4 Å². The van der Waals surface area contributed by atoms with Gasteiger partial charge in [0.2, 0.25) is 0 Å². The smallest absolute Gasteiger partial charge is 0.338 e. The van der Waals surface area contributed by atoms with Crippen LogP contribution in [-0.2, 0) is 20.8 Å². The average molecular weight is 426 g/mol. The highest BCUT2D eigenvalue weighted by atomic mass is 16.5. The summed E-state index contributed by atoms with van der Waals surface area (Å²) in [6.45, 7) is 4.01. The van der Waals surface area contributed by atoms with Crippen molar-refractivity contribution in [3.8, 4) is 0 Å². The second kappa shape index (κ2) is 10.7. The highest BCUT2D eigenvalue weighted by Gasteiger charge is 2.15. The predicted octanol–water partition coefficient (Wildman–Crippen LogP) is 0.599. The monoisotopic (exact) mass is 426 g/mol. The van der Waals surface area contributed by atoms with Crippen molar-refractivity contribution in [3.63, 3.8) is 0 Å². The molecule has 0 aromatic heterocycles. The number of benzene rings is 2. The number of ether oxygens (including phenoxy) is 2. The third-order valence-electron chi connectivity index (χ3n) is 5.00. The maximum atomic E-state index is 12.2. The van der Waals surface area contributed by atoms with Gasteiger partial charge in [-0.25, -0.2) is 4.79 Å². The van der Waals surface area contributed by atoms with E-state index in [4.69, 9.17) is 9.47 Å². The van der Waals surface area contributed by atoms with Crippen LogP contribution in [0, 0.1) is 0 Å². The molecule has 8 heteroatoms. The van der Waals surface area contributed by atoms with Crippen LogP contribution in [0.5, 0.6) is 0 Å². The molecule has 1 saturated heterocycles. The van der Waals surface area contributed by atoms with Crippen LogP contribution in [0.1, 0.15) is 26.3 Å². The van der Waals surface area contributed by atoms with E-state index in [-0.39, 0.29) is 5.91 Å². The lowest BCUT2D eigenvalue weighted by Gasteiger charge is -2.23. The van der Waals surface area contributed by atoms with Gasteiger partial charge >= 0.3 is 5.97 Å². The van der Waals surface area contributed by atoms with E-state index < -0.39 is 18.5 Å². The molecule has 0 aliphatic carbocycles. The molecule has 2 amide bonds. The molecule has 0 bridgehead atoms. The molecule has 1 heterocycles. The number of carbonyl (C=O) groups is 3. The molecular weight excluding hydrogens is 398 g/mol. The van der Waals surface area contributed by atoms with E-state index in [1.54, 1.807) is 50.5 Å². The summed E-state index contributed by atoms with van der Waals surface area (Å²) >= 11 is 0. The van der Waals surface area contributed by atoms with Crippen molar-refractivity contribution in [2.24, 2.45) is 0 Å². The Morgan fingerprint density at radius 1 is 0.968 bits per heavy atom. The van der Waals surface area contributed by atoms with Crippen molar-refractivity contribution < 1.29 is 28.8 Å². The molecule has 2 N–H and O–H groups in total. The Kier molecular flexibility index (Phi) is 7.75. The number of hydrogen-bond acceptors (Lipinski definition) is 5. The van der Waals surface area contributed by atoms with Crippen LogP contribution in [0.25, 0.3) is 0 Å². The molecule has 0 saturated carbocycles. The zero-order valence-corrected chi connectivity index (χ0v) is 17.8. The number of nitrogens with one attached hydrogen (secondary N) is 2. The highest BCUT2D eigenvalue weighted by Crippen LogP contribution is 2.11. The maximum absolute atomic E-state index is 12.2. The fraction of sp³-hybridized carbons (Fsp3) is 0.348. The molecule has 0 spiro atoms. The normalized spacial score (nSPS) is 14.0. The van der Waals surface area contributed by atoms with Gasteiger partial charge in [-0.3, -0.25) is 9.59 Å². The molecule has 1 fully saturated rings.